The van der Waals surface area contributed by atoms with Gasteiger partial charge in [-0.15, -0.1) is 10.2 Å². The monoisotopic (exact) mass is 432 g/mol. The number of carbonyl (C=O) groups is 2. The van der Waals surface area contributed by atoms with Gasteiger partial charge < -0.3 is 24.4 Å². The third kappa shape index (κ3) is 4.41. The normalized spacial score (nSPS) is 18.8. The molecular formula is C20H25ClN6O3. The van der Waals surface area contributed by atoms with E-state index >= 15 is 0 Å². The van der Waals surface area contributed by atoms with Crippen molar-refractivity contribution in [1.29, 1.82) is 0 Å². The van der Waals surface area contributed by atoms with Crippen LogP contribution in [0.25, 0.3) is 0 Å². The number of amides is 3. The van der Waals surface area contributed by atoms with Crippen LogP contribution in [0, 0.1) is 0 Å². The first-order chi connectivity index (χ1) is 14.5. The van der Waals surface area contributed by atoms with Gasteiger partial charge in [-0.3, -0.25) is 4.79 Å². The summed E-state index contributed by atoms with van der Waals surface area (Å²) in [4.78, 5) is 28.4. The van der Waals surface area contributed by atoms with Crippen LogP contribution in [-0.4, -0.2) is 69.9 Å². The predicted octanol–water partition coefficient (Wildman–Crippen LogP) is 2.33. The Bertz CT molecular complexity index is 933. The van der Waals surface area contributed by atoms with Crippen LogP contribution in [0.1, 0.15) is 30.4 Å². The van der Waals surface area contributed by atoms with E-state index < -0.39 is 0 Å². The summed E-state index contributed by atoms with van der Waals surface area (Å²) in [6, 6.07) is 6.87. The number of urea groups is 1. The lowest BCUT2D eigenvalue weighted by atomic mass is 9.97. The number of methoxy groups -OCH3 is 1. The molecule has 3 amide bonds. The SMILES string of the molecule is COCC(=O)N1CCCC(c2nnc3n2CCN(C(=O)Nc2cccc(Cl)c2)C3)C1. The number of carbonyl (C=O) groups excluding carboxylic acids is 2. The molecule has 4 rings (SSSR count). The van der Waals surface area contributed by atoms with Crippen molar-refractivity contribution >= 4 is 29.2 Å². The highest BCUT2D eigenvalue weighted by atomic mass is 35.5. The summed E-state index contributed by atoms with van der Waals surface area (Å²) in [5, 5.41) is 12.2. The largest absolute Gasteiger partial charge is 0.375 e. The molecule has 1 atom stereocenters. The number of nitrogens with zero attached hydrogens (tertiary/aromatic N) is 5. The number of benzene rings is 1. The summed E-state index contributed by atoms with van der Waals surface area (Å²) in [6.45, 7) is 3.04. The van der Waals surface area contributed by atoms with E-state index in [9.17, 15) is 9.59 Å². The molecule has 0 radical (unpaired) electrons. The number of likely N-dealkylation sites (tertiary alicyclic amines) is 1. The first-order valence-electron chi connectivity index (χ1n) is 10.1. The molecule has 9 nitrogen and oxygen atoms in total. The molecule has 30 heavy (non-hydrogen) atoms. The van der Waals surface area contributed by atoms with Crippen molar-refractivity contribution < 1.29 is 14.3 Å². The third-order valence-electron chi connectivity index (χ3n) is 5.55. The molecule has 1 saturated heterocycles. The fourth-order valence-electron chi connectivity index (χ4n) is 4.05. The van der Waals surface area contributed by atoms with Gasteiger partial charge >= 0.3 is 6.03 Å². The highest BCUT2D eigenvalue weighted by molar-refractivity contribution is 6.30. The maximum Gasteiger partial charge on any atom is 0.322 e. The number of halogens is 1. The van der Waals surface area contributed by atoms with Crippen LogP contribution in [-0.2, 0) is 22.6 Å². The Balaban J connectivity index is 1.41. The summed E-state index contributed by atoms with van der Waals surface area (Å²) in [5.41, 5.74) is 0.656. The topological polar surface area (TPSA) is 92.6 Å². The van der Waals surface area contributed by atoms with Gasteiger partial charge in [0.2, 0.25) is 5.91 Å². The minimum atomic E-state index is -0.193. The van der Waals surface area contributed by atoms with Crippen LogP contribution in [0.4, 0.5) is 10.5 Å². The van der Waals surface area contributed by atoms with Gasteiger partial charge in [0.05, 0.1) is 6.54 Å². The van der Waals surface area contributed by atoms with Gasteiger partial charge in [-0.05, 0) is 31.0 Å². The van der Waals surface area contributed by atoms with Crippen molar-refractivity contribution in [2.24, 2.45) is 0 Å². The Morgan fingerprint density at radius 3 is 2.90 bits per heavy atom. The molecule has 1 N–H and O–H groups in total. The van der Waals surface area contributed by atoms with Crippen molar-refractivity contribution in [3.05, 3.63) is 40.9 Å². The van der Waals surface area contributed by atoms with E-state index in [-0.39, 0.29) is 24.5 Å². The van der Waals surface area contributed by atoms with Crippen LogP contribution >= 0.6 is 11.6 Å². The van der Waals surface area contributed by atoms with Crippen molar-refractivity contribution in [1.82, 2.24) is 24.6 Å². The van der Waals surface area contributed by atoms with Crippen LogP contribution in [0.3, 0.4) is 0 Å². The lowest BCUT2D eigenvalue weighted by molar-refractivity contribution is -0.136. The van der Waals surface area contributed by atoms with Gasteiger partial charge in [0.1, 0.15) is 12.4 Å². The van der Waals surface area contributed by atoms with E-state index in [1.54, 1.807) is 29.2 Å². The molecule has 2 aliphatic rings. The predicted molar refractivity (Wildman–Crippen MR) is 111 cm³/mol. The highest BCUT2D eigenvalue weighted by Gasteiger charge is 2.31. The summed E-state index contributed by atoms with van der Waals surface area (Å²) < 4.78 is 7.08. The Kier molecular flexibility index (Phi) is 6.19. The van der Waals surface area contributed by atoms with Crippen LogP contribution in [0.2, 0.25) is 5.02 Å². The zero-order valence-electron chi connectivity index (χ0n) is 16.9. The minimum absolute atomic E-state index is 0.00412. The summed E-state index contributed by atoms with van der Waals surface area (Å²) in [5.74, 6) is 1.81. The molecule has 1 fully saturated rings. The number of piperidine rings is 1. The van der Waals surface area contributed by atoms with E-state index in [0.29, 0.717) is 36.9 Å². The molecule has 2 aliphatic heterocycles. The summed E-state index contributed by atoms with van der Waals surface area (Å²) in [7, 11) is 1.53. The number of rotatable bonds is 4. The smallest absolute Gasteiger partial charge is 0.322 e. The Morgan fingerprint density at radius 1 is 1.23 bits per heavy atom. The van der Waals surface area contributed by atoms with Gasteiger partial charge in [0.15, 0.2) is 5.82 Å². The van der Waals surface area contributed by atoms with Crippen LogP contribution in [0.15, 0.2) is 24.3 Å². The highest BCUT2D eigenvalue weighted by Crippen LogP contribution is 2.28. The fourth-order valence-corrected chi connectivity index (χ4v) is 4.24. The second kappa shape index (κ2) is 9.01. The van der Waals surface area contributed by atoms with E-state index in [1.807, 2.05) is 4.90 Å². The number of hydrogen-bond donors (Lipinski definition) is 1. The maximum atomic E-state index is 12.6. The lowest BCUT2D eigenvalue weighted by Gasteiger charge is -2.33. The van der Waals surface area contributed by atoms with Gasteiger partial charge in [-0.25, -0.2) is 4.79 Å². The van der Waals surface area contributed by atoms with Crippen molar-refractivity contribution in [2.75, 3.05) is 38.7 Å². The van der Waals surface area contributed by atoms with Crippen molar-refractivity contribution in [2.45, 2.75) is 31.8 Å². The molecule has 2 aromatic rings. The second-order valence-electron chi connectivity index (χ2n) is 7.60. The molecular weight excluding hydrogens is 408 g/mol. The number of aromatic nitrogens is 3. The Hall–Kier alpha value is -2.65. The molecule has 1 unspecified atom stereocenters. The molecule has 160 valence electrons. The zero-order chi connectivity index (χ0) is 21.1. The molecule has 0 saturated carbocycles. The van der Waals surface area contributed by atoms with E-state index in [0.717, 1.165) is 31.0 Å². The van der Waals surface area contributed by atoms with Crippen molar-refractivity contribution in [3.63, 3.8) is 0 Å². The molecule has 0 bridgehead atoms. The molecule has 1 aromatic carbocycles. The average Bonchev–Trinajstić information content (AvgIpc) is 3.17. The number of hydrogen-bond acceptors (Lipinski definition) is 5. The molecule has 3 heterocycles. The summed E-state index contributed by atoms with van der Waals surface area (Å²) >= 11 is 5.99. The average molecular weight is 433 g/mol. The lowest BCUT2D eigenvalue weighted by Crippen LogP contribution is -2.43. The van der Waals surface area contributed by atoms with E-state index in [1.165, 1.54) is 7.11 Å². The number of ether oxygens (including phenoxy) is 1. The number of fused-ring (bicyclic) bond motifs is 1. The third-order valence-corrected chi connectivity index (χ3v) is 5.79. The second-order valence-corrected chi connectivity index (χ2v) is 8.04. The minimum Gasteiger partial charge on any atom is -0.375 e. The van der Waals surface area contributed by atoms with Crippen LogP contribution in [0.5, 0.6) is 0 Å². The fraction of sp³-hybridized carbons (Fsp3) is 0.500. The number of anilines is 1. The van der Waals surface area contributed by atoms with E-state index in [2.05, 4.69) is 20.1 Å². The first kappa shape index (κ1) is 20.6. The van der Waals surface area contributed by atoms with Gasteiger partial charge in [0.25, 0.3) is 0 Å². The van der Waals surface area contributed by atoms with Gasteiger partial charge in [-0.1, -0.05) is 17.7 Å². The zero-order valence-corrected chi connectivity index (χ0v) is 17.6. The molecule has 1 aromatic heterocycles. The van der Waals surface area contributed by atoms with Gasteiger partial charge in [0, 0.05) is 49.9 Å². The quantitative estimate of drug-likeness (QED) is 0.800. The molecule has 10 heteroatoms. The van der Waals surface area contributed by atoms with E-state index in [4.69, 9.17) is 16.3 Å². The first-order valence-corrected chi connectivity index (χ1v) is 10.4. The number of nitrogens with one attached hydrogen (secondary N) is 1. The standard InChI is InChI=1S/C20H25ClN6O3/c1-30-13-18(28)25-7-3-4-14(11-25)19-24-23-17-12-26(8-9-27(17)19)20(29)22-16-6-2-5-15(21)10-16/h2,5-6,10,14H,3-4,7-9,11-13H2,1H3,(H,22,29). The van der Waals surface area contributed by atoms with Gasteiger partial charge in [-0.2, -0.15) is 0 Å². The maximum absolute atomic E-state index is 12.6. The van der Waals surface area contributed by atoms with Crippen molar-refractivity contribution in [3.8, 4) is 0 Å². The Morgan fingerprint density at radius 2 is 2.10 bits per heavy atom. The Labute approximate surface area is 179 Å². The molecule has 0 spiro atoms. The van der Waals surface area contributed by atoms with Crippen LogP contribution < -0.4 is 5.32 Å². The summed E-state index contributed by atoms with van der Waals surface area (Å²) in [6.07, 6.45) is 1.89. The molecule has 0 aliphatic carbocycles.